The van der Waals surface area contributed by atoms with Gasteiger partial charge in [-0.15, -0.1) is 0 Å². The maximum atomic E-state index is 6.02. The molecule has 0 radical (unpaired) electrons. The highest BCUT2D eigenvalue weighted by Crippen LogP contribution is 2.24. The van der Waals surface area contributed by atoms with Crippen molar-refractivity contribution in [2.24, 2.45) is 10.7 Å². The summed E-state index contributed by atoms with van der Waals surface area (Å²) in [6, 6.07) is 9.91. The van der Waals surface area contributed by atoms with E-state index in [1.165, 1.54) is 0 Å². The Labute approximate surface area is 96.3 Å². The number of hydrogen-bond acceptors (Lipinski definition) is 2. The third-order valence-corrected chi connectivity index (χ3v) is 3.03. The lowest BCUT2D eigenvalue weighted by molar-refractivity contribution is 0.0602. The SMILES string of the molecule is CC1(N=C(N)c2ccccc2)CCOCC1. The van der Waals surface area contributed by atoms with Crippen LogP contribution in [0.5, 0.6) is 0 Å². The molecule has 86 valence electrons. The van der Waals surface area contributed by atoms with Gasteiger partial charge in [0.15, 0.2) is 0 Å². The summed E-state index contributed by atoms with van der Waals surface area (Å²) in [4.78, 5) is 4.65. The van der Waals surface area contributed by atoms with E-state index in [4.69, 9.17) is 10.5 Å². The van der Waals surface area contributed by atoms with Gasteiger partial charge in [0.05, 0.1) is 5.54 Å². The van der Waals surface area contributed by atoms with Crippen LogP contribution in [0.15, 0.2) is 35.3 Å². The lowest BCUT2D eigenvalue weighted by atomic mass is 9.93. The van der Waals surface area contributed by atoms with Crippen LogP contribution >= 0.6 is 0 Å². The number of aliphatic imine (C=N–C) groups is 1. The minimum atomic E-state index is -0.0574. The molecule has 3 heteroatoms. The average Bonchev–Trinajstić information content (AvgIpc) is 2.30. The summed E-state index contributed by atoms with van der Waals surface area (Å²) < 4.78 is 5.34. The van der Waals surface area contributed by atoms with E-state index in [9.17, 15) is 0 Å². The topological polar surface area (TPSA) is 47.6 Å². The smallest absolute Gasteiger partial charge is 0.126 e. The standard InChI is InChI=1S/C13H18N2O/c1-13(7-9-16-10-8-13)15-12(14)11-5-3-2-4-6-11/h2-6H,7-10H2,1H3,(H2,14,15). The molecule has 0 saturated carbocycles. The molecule has 0 bridgehead atoms. The van der Waals surface area contributed by atoms with E-state index < -0.39 is 0 Å². The molecule has 2 N–H and O–H groups in total. The number of benzene rings is 1. The van der Waals surface area contributed by atoms with Crippen LogP contribution in [-0.4, -0.2) is 24.6 Å². The summed E-state index contributed by atoms with van der Waals surface area (Å²) in [5, 5.41) is 0. The van der Waals surface area contributed by atoms with E-state index in [0.717, 1.165) is 31.6 Å². The van der Waals surface area contributed by atoms with Crippen LogP contribution in [0.1, 0.15) is 25.3 Å². The fraction of sp³-hybridized carbons (Fsp3) is 0.462. The summed E-state index contributed by atoms with van der Waals surface area (Å²) in [6.45, 7) is 3.70. The van der Waals surface area contributed by atoms with Gasteiger partial charge < -0.3 is 10.5 Å². The van der Waals surface area contributed by atoms with Crippen molar-refractivity contribution in [2.75, 3.05) is 13.2 Å². The number of nitrogens with zero attached hydrogens (tertiary/aromatic N) is 1. The second-order valence-electron chi connectivity index (χ2n) is 4.47. The largest absolute Gasteiger partial charge is 0.383 e. The minimum absolute atomic E-state index is 0.0574. The first-order valence-corrected chi connectivity index (χ1v) is 5.68. The molecule has 1 aromatic carbocycles. The lowest BCUT2D eigenvalue weighted by Gasteiger charge is -2.30. The first-order chi connectivity index (χ1) is 7.70. The Kier molecular flexibility index (Phi) is 3.25. The predicted molar refractivity (Wildman–Crippen MR) is 65.6 cm³/mol. The molecule has 1 saturated heterocycles. The molecule has 0 atom stereocenters. The van der Waals surface area contributed by atoms with Crippen molar-refractivity contribution in [1.29, 1.82) is 0 Å². The van der Waals surface area contributed by atoms with Crippen molar-refractivity contribution in [3.63, 3.8) is 0 Å². The van der Waals surface area contributed by atoms with E-state index in [0.29, 0.717) is 5.84 Å². The van der Waals surface area contributed by atoms with Crippen LogP contribution in [0.25, 0.3) is 0 Å². The first kappa shape index (κ1) is 11.1. The average molecular weight is 218 g/mol. The summed E-state index contributed by atoms with van der Waals surface area (Å²) >= 11 is 0. The molecule has 0 aliphatic carbocycles. The Morgan fingerprint density at radius 2 is 1.88 bits per heavy atom. The summed E-state index contributed by atoms with van der Waals surface area (Å²) in [5.74, 6) is 0.630. The van der Waals surface area contributed by atoms with Gasteiger partial charge in [-0.1, -0.05) is 30.3 Å². The molecule has 1 aromatic rings. The van der Waals surface area contributed by atoms with Gasteiger partial charge in [-0.2, -0.15) is 0 Å². The highest BCUT2D eigenvalue weighted by Gasteiger charge is 2.26. The van der Waals surface area contributed by atoms with Crippen LogP contribution in [0.2, 0.25) is 0 Å². The molecule has 0 unspecified atom stereocenters. The molecule has 1 aliphatic rings. The maximum Gasteiger partial charge on any atom is 0.126 e. The van der Waals surface area contributed by atoms with E-state index in [1.54, 1.807) is 0 Å². The molecule has 16 heavy (non-hydrogen) atoms. The van der Waals surface area contributed by atoms with Crippen LogP contribution in [0.4, 0.5) is 0 Å². The third-order valence-electron chi connectivity index (χ3n) is 3.03. The zero-order valence-electron chi connectivity index (χ0n) is 9.65. The van der Waals surface area contributed by atoms with Gasteiger partial charge in [-0.05, 0) is 19.8 Å². The van der Waals surface area contributed by atoms with E-state index in [-0.39, 0.29) is 5.54 Å². The Morgan fingerprint density at radius 1 is 1.25 bits per heavy atom. The maximum absolute atomic E-state index is 6.02. The highest BCUT2D eigenvalue weighted by atomic mass is 16.5. The van der Waals surface area contributed by atoms with Crippen molar-refractivity contribution < 1.29 is 4.74 Å². The van der Waals surface area contributed by atoms with E-state index in [1.807, 2.05) is 30.3 Å². The Balaban J connectivity index is 2.17. The van der Waals surface area contributed by atoms with Crippen LogP contribution in [0.3, 0.4) is 0 Å². The molecular weight excluding hydrogens is 200 g/mol. The summed E-state index contributed by atoms with van der Waals surface area (Å²) in [5.41, 5.74) is 6.96. The van der Waals surface area contributed by atoms with Crippen molar-refractivity contribution >= 4 is 5.84 Å². The quantitative estimate of drug-likeness (QED) is 0.609. The van der Waals surface area contributed by atoms with E-state index >= 15 is 0 Å². The Morgan fingerprint density at radius 3 is 2.50 bits per heavy atom. The number of hydrogen-bond donors (Lipinski definition) is 1. The van der Waals surface area contributed by atoms with Crippen LogP contribution < -0.4 is 5.73 Å². The van der Waals surface area contributed by atoms with Gasteiger partial charge in [-0.3, -0.25) is 4.99 Å². The van der Waals surface area contributed by atoms with Gasteiger partial charge in [0, 0.05) is 18.8 Å². The molecule has 0 spiro atoms. The second-order valence-corrected chi connectivity index (χ2v) is 4.47. The summed E-state index contributed by atoms with van der Waals surface area (Å²) in [6.07, 6.45) is 1.89. The molecular formula is C13H18N2O. The van der Waals surface area contributed by atoms with E-state index in [2.05, 4.69) is 11.9 Å². The molecule has 0 aromatic heterocycles. The van der Waals surface area contributed by atoms with Gasteiger partial charge in [0.1, 0.15) is 5.84 Å². The number of rotatable bonds is 2. The monoisotopic (exact) mass is 218 g/mol. The van der Waals surface area contributed by atoms with Gasteiger partial charge in [0.25, 0.3) is 0 Å². The van der Waals surface area contributed by atoms with Crippen LogP contribution in [0, 0.1) is 0 Å². The molecule has 1 aliphatic heterocycles. The zero-order chi connectivity index (χ0) is 11.4. The summed E-state index contributed by atoms with van der Waals surface area (Å²) in [7, 11) is 0. The molecule has 0 amide bonds. The van der Waals surface area contributed by atoms with Crippen molar-refractivity contribution in [3.05, 3.63) is 35.9 Å². The highest BCUT2D eigenvalue weighted by molar-refractivity contribution is 5.97. The fourth-order valence-corrected chi connectivity index (χ4v) is 1.89. The van der Waals surface area contributed by atoms with Gasteiger partial charge >= 0.3 is 0 Å². The predicted octanol–water partition coefficient (Wildman–Crippen LogP) is 1.96. The van der Waals surface area contributed by atoms with Gasteiger partial charge in [0.2, 0.25) is 0 Å². The molecule has 1 fully saturated rings. The van der Waals surface area contributed by atoms with Gasteiger partial charge in [-0.25, -0.2) is 0 Å². The van der Waals surface area contributed by atoms with Crippen molar-refractivity contribution in [1.82, 2.24) is 0 Å². The second kappa shape index (κ2) is 4.66. The molecule has 1 heterocycles. The zero-order valence-corrected chi connectivity index (χ0v) is 9.65. The number of amidine groups is 1. The van der Waals surface area contributed by atoms with Crippen LogP contribution in [-0.2, 0) is 4.74 Å². The number of ether oxygens (including phenoxy) is 1. The normalized spacial score (nSPS) is 20.7. The third kappa shape index (κ3) is 2.61. The van der Waals surface area contributed by atoms with Crippen molar-refractivity contribution in [3.8, 4) is 0 Å². The number of nitrogens with two attached hydrogens (primary N) is 1. The molecule has 3 nitrogen and oxygen atoms in total. The van der Waals surface area contributed by atoms with Crippen molar-refractivity contribution in [2.45, 2.75) is 25.3 Å². The fourth-order valence-electron chi connectivity index (χ4n) is 1.89. The first-order valence-electron chi connectivity index (χ1n) is 5.68. The Bertz CT molecular complexity index is 367. The minimum Gasteiger partial charge on any atom is -0.383 e. The Hall–Kier alpha value is -1.35. The lowest BCUT2D eigenvalue weighted by Crippen LogP contribution is -2.33. The molecule has 2 rings (SSSR count).